The molecule has 0 fully saturated rings. The Morgan fingerprint density at radius 3 is 2.41 bits per heavy atom. The molecule has 1 unspecified atom stereocenters. The lowest BCUT2D eigenvalue weighted by atomic mass is 10.1. The summed E-state index contributed by atoms with van der Waals surface area (Å²) in [5.74, 6) is 0.958. The van der Waals surface area contributed by atoms with Gasteiger partial charge in [0.25, 0.3) is 0 Å². The van der Waals surface area contributed by atoms with Crippen LogP contribution in [0.3, 0.4) is 0 Å². The van der Waals surface area contributed by atoms with Gasteiger partial charge in [0, 0.05) is 17.5 Å². The molecule has 5 heteroatoms. The summed E-state index contributed by atoms with van der Waals surface area (Å²) in [6.45, 7) is 5.13. The maximum atomic E-state index is 11.2. The van der Waals surface area contributed by atoms with Crippen LogP contribution < -0.4 is 0 Å². The predicted molar refractivity (Wildman–Crippen MR) is 131 cm³/mol. The molecule has 162 valence electrons. The van der Waals surface area contributed by atoms with Gasteiger partial charge in [0.05, 0.1) is 40.8 Å². The van der Waals surface area contributed by atoms with Crippen molar-refractivity contribution in [3.63, 3.8) is 0 Å². The van der Waals surface area contributed by atoms with Crippen LogP contribution in [-0.2, 0) is 19.5 Å². The molecule has 0 saturated heterocycles. The van der Waals surface area contributed by atoms with E-state index in [9.17, 15) is 5.11 Å². The van der Waals surface area contributed by atoms with Crippen molar-refractivity contribution in [3.8, 4) is 0 Å². The zero-order valence-corrected chi connectivity index (χ0v) is 19.0. The van der Waals surface area contributed by atoms with E-state index in [2.05, 4.69) is 47.2 Å². The van der Waals surface area contributed by atoms with E-state index in [0.29, 0.717) is 18.1 Å². The lowest BCUT2D eigenvalue weighted by Gasteiger charge is -2.18. The highest BCUT2D eigenvalue weighted by Crippen LogP contribution is 2.31. The van der Waals surface area contributed by atoms with E-state index < -0.39 is 6.10 Å². The minimum Gasteiger partial charge on any atom is -0.389 e. The standard InChI is InChI=1S/C27H26ClN3O/c1-18-19(2)30(27-22(18)11-8-12-23(27)28)16-21(32)17-31-25-14-7-6-13-24(25)29-26(31)15-20-9-4-3-5-10-20/h3-14,21,32H,15-17H2,1-2H3. The number of hydrogen-bond acceptors (Lipinski definition) is 2. The quantitative estimate of drug-likeness (QED) is 0.354. The second-order valence-corrected chi connectivity index (χ2v) is 8.81. The number of hydrogen-bond donors (Lipinski definition) is 1. The molecule has 1 atom stereocenters. The molecule has 32 heavy (non-hydrogen) atoms. The van der Waals surface area contributed by atoms with E-state index >= 15 is 0 Å². The van der Waals surface area contributed by atoms with Gasteiger partial charge in [-0.3, -0.25) is 0 Å². The van der Waals surface area contributed by atoms with Gasteiger partial charge in [-0.25, -0.2) is 4.98 Å². The van der Waals surface area contributed by atoms with Crippen LogP contribution in [0, 0.1) is 13.8 Å². The Labute approximate surface area is 192 Å². The van der Waals surface area contributed by atoms with Crippen molar-refractivity contribution >= 4 is 33.5 Å². The zero-order valence-electron chi connectivity index (χ0n) is 18.3. The molecule has 1 N–H and O–H groups in total. The highest BCUT2D eigenvalue weighted by Gasteiger charge is 2.19. The minimum atomic E-state index is -0.591. The number of para-hydroxylation sites is 3. The van der Waals surface area contributed by atoms with Gasteiger partial charge in [0.15, 0.2) is 0 Å². The van der Waals surface area contributed by atoms with Gasteiger partial charge in [-0.15, -0.1) is 0 Å². The first-order valence-electron chi connectivity index (χ1n) is 10.9. The molecular formula is C27H26ClN3O. The van der Waals surface area contributed by atoms with Crippen LogP contribution in [0.5, 0.6) is 0 Å². The molecule has 0 amide bonds. The topological polar surface area (TPSA) is 43.0 Å². The summed E-state index contributed by atoms with van der Waals surface area (Å²) >= 11 is 6.55. The Balaban J connectivity index is 1.49. The molecule has 4 nitrogen and oxygen atoms in total. The number of aromatic nitrogens is 3. The summed E-state index contributed by atoms with van der Waals surface area (Å²) in [6.07, 6.45) is 0.130. The summed E-state index contributed by atoms with van der Waals surface area (Å²) in [5, 5.41) is 13.0. The summed E-state index contributed by atoms with van der Waals surface area (Å²) in [4.78, 5) is 4.88. The van der Waals surface area contributed by atoms with E-state index in [1.165, 1.54) is 11.1 Å². The summed E-state index contributed by atoms with van der Waals surface area (Å²) < 4.78 is 4.30. The fourth-order valence-corrected chi connectivity index (χ4v) is 4.88. The van der Waals surface area contributed by atoms with Crippen LogP contribution in [0.1, 0.15) is 22.6 Å². The van der Waals surface area contributed by atoms with E-state index in [1.807, 2.05) is 48.5 Å². The molecule has 0 bridgehead atoms. The number of halogens is 1. The van der Waals surface area contributed by atoms with Gasteiger partial charge in [-0.2, -0.15) is 0 Å². The van der Waals surface area contributed by atoms with E-state index in [0.717, 1.165) is 39.9 Å². The number of aryl methyl sites for hydroxylation is 1. The Kier molecular flexibility index (Phi) is 5.50. The van der Waals surface area contributed by atoms with Crippen molar-refractivity contribution in [2.75, 3.05) is 0 Å². The molecule has 0 aliphatic carbocycles. The van der Waals surface area contributed by atoms with Gasteiger partial charge in [-0.1, -0.05) is 66.2 Å². The van der Waals surface area contributed by atoms with Crippen LogP contribution in [-0.4, -0.2) is 25.3 Å². The molecule has 2 aromatic heterocycles. The maximum absolute atomic E-state index is 11.2. The van der Waals surface area contributed by atoms with E-state index in [-0.39, 0.29) is 0 Å². The molecule has 2 heterocycles. The summed E-state index contributed by atoms with van der Waals surface area (Å²) in [6, 6.07) is 24.4. The zero-order chi connectivity index (χ0) is 22.2. The molecule has 3 aromatic carbocycles. The normalized spacial score (nSPS) is 12.6. The summed E-state index contributed by atoms with van der Waals surface area (Å²) in [5.41, 5.74) is 6.52. The first-order chi connectivity index (χ1) is 15.5. The fourth-order valence-electron chi connectivity index (χ4n) is 4.61. The smallest absolute Gasteiger partial charge is 0.114 e. The number of rotatable bonds is 6. The number of benzene rings is 3. The molecular weight excluding hydrogens is 418 g/mol. The highest BCUT2D eigenvalue weighted by atomic mass is 35.5. The van der Waals surface area contributed by atoms with Gasteiger partial charge < -0.3 is 14.2 Å². The molecule has 0 aliphatic rings. The second-order valence-electron chi connectivity index (χ2n) is 8.40. The van der Waals surface area contributed by atoms with Crippen LogP contribution in [0.2, 0.25) is 5.02 Å². The lowest BCUT2D eigenvalue weighted by molar-refractivity contribution is 0.135. The van der Waals surface area contributed by atoms with Crippen molar-refractivity contribution in [1.82, 2.24) is 14.1 Å². The van der Waals surface area contributed by atoms with Crippen molar-refractivity contribution in [3.05, 3.63) is 100 Å². The van der Waals surface area contributed by atoms with Crippen LogP contribution in [0.4, 0.5) is 0 Å². The highest BCUT2D eigenvalue weighted by molar-refractivity contribution is 6.35. The molecule has 0 saturated carbocycles. The Hall–Kier alpha value is -3.08. The number of fused-ring (bicyclic) bond motifs is 2. The second kappa shape index (κ2) is 8.45. The Morgan fingerprint density at radius 2 is 1.59 bits per heavy atom. The summed E-state index contributed by atoms with van der Waals surface area (Å²) in [7, 11) is 0. The monoisotopic (exact) mass is 443 g/mol. The third-order valence-corrected chi connectivity index (χ3v) is 6.64. The molecule has 0 radical (unpaired) electrons. The largest absolute Gasteiger partial charge is 0.389 e. The van der Waals surface area contributed by atoms with E-state index in [1.54, 1.807) is 0 Å². The molecule has 0 aliphatic heterocycles. The number of aliphatic hydroxyl groups excluding tert-OH is 1. The van der Waals surface area contributed by atoms with Gasteiger partial charge in [0.1, 0.15) is 5.82 Å². The fraction of sp³-hybridized carbons (Fsp3) is 0.222. The van der Waals surface area contributed by atoms with Crippen molar-refractivity contribution in [2.24, 2.45) is 0 Å². The van der Waals surface area contributed by atoms with Crippen LogP contribution >= 0.6 is 11.6 Å². The van der Waals surface area contributed by atoms with Crippen molar-refractivity contribution in [1.29, 1.82) is 0 Å². The van der Waals surface area contributed by atoms with Crippen LogP contribution in [0.25, 0.3) is 21.9 Å². The number of imidazole rings is 1. The SMILES string of the molecule is Cc1c(C)n(CC(O)Cn2c(Cc3ccccc3)nc3ccccc32)c2c(Cl)cccc12. The molecule has 5 rings (SSSR count). The van der Waals surface area contributed by atoms with Crippen molar-refractivity contribution < 1.29 is 5.11 Å². The number of nitrogens with zero attached hydrogens (tertiary/aromatic N) is 3. The van der Waals surface area contributed by atoms with Gasteiger partial charge >= 0.3 is 0 Å². The first kappa shape index (κ1) is 20.8. The van der Waals surface area contributed by atoms with Crippen molar-refractivity contribution in [2.45, 2.75) is 39.5 Å². The lowest BCUT2D eigenvalue weighted by Crippen LogP contribution is -2.24. The predicted octanol–water partition coefficient (Wildman–Crippen LogP) is 5.91. The van der Waals surface area contributed by atoms with Crippen LogP contribution in [0.15, 0.2) is 72.8 Å². The van der Waals surface area contributed by atoms with Gasteiger partial charge in [-0.05, 0) is 43.2 Å². The molecule has 5 aromatic rings. The van der Waals surface area contributed by atoms with Gasteiger partial charge in [0.2, 0.25) is 0 Å². The Morgan fingerprint density at radius 1 is 0.875 bits per heavy atom. The minimum absolute atomic E-state index is 0.464. The average Bonchev–Trinajstić information content (AvgIpc) is 3.25. The third-order valence-electron chi connectivity index (χ3n) is 6.33. The molecule has 0 spiro atoms. The maximum Gasteiger partial charge on any atom is 0.114 e. The third kappa shape index (κ3) is 3.70. The van der Waals surface area contributed by atoms with E-state index in [4.69, 9.17) is 16.6 Å². The number of aliphatic hydroxyl groups is 1. The Bertz CT molecular complexity index is 1400. The average molecular weight is 444 g/mol. The first-order valence-corrected chi connectivity index (χ1v) is 11.3.